The number of hydrazine groups is 2. The van der Waals surface area contributed by atoms with Gasteiger partial charge in [0.2, 0.25) is 0 Å². The van der Waals surface area contributed by atoms with Crippen molar-refractivity contribution in [1.82, 2.24) is 10.1 Å². The molecule has 1 heterocycles. The zero-order valence-electron chi connectivity index (χ0n) is 10.9. The van der Waals surface area contributed by atoms with E-state index >= 15 is 0 Å². The molecule has 0 spiro atoms. The molecule has 1 aromatic rings. The summed E-state index contributed by atoms with van der Waals surface area (Å²) >= 11 is 0. The zero-order chi connectivity index (χ0) is 15.0. The first-order chi connectivity index (χ1) is 9.30. The fourth-order valence-corrected chi connectivity index (χ4v) is 1.84. The van der Waals surface area contributed by atoms with Gasteiger partial charge in [0.25, 0.3) is 0 Å². The molecule has 1 unspecified atom stereocenters. The summed E-state index contributed by atoms with van der Waals surface area (Å²) in [6.45, 7) is 0. The van der Waals surface area contributed by atoms with Gasteiger partial charge in [-0.2, -0.15) is 13.2 Å². The number of ether oxygens (including phenoxy) is 2. The topological polar surface area (TPSA) is 51.0 Å². The molecule has 8 heteroatoms. The van der Waals surface area contributed by atoms with Gasteiger partial charge < -0.3 is 9.47 Å². The molecular weight excluding hydrogens is 275 g/mol. The quantitative estimate of drug-likeness (QED) is 0.680. The minimum atomic E-state index is -4.61. The fourth-order valence-electron chi connectivity index (χ4n) is 1.84. The molecule has 0 amide bonds. The maximum atomic E-state index is 12.9. The number of rotatable bonds is 3. The summed E-state index contributed by atoms with van der Waals surface area (Å²) in [5, 5.41) is 1.47. The number of nitrogens with zero attached hydrogens (tertiary/aromatic N) is 2. The maximum absolute atomic E-state index is 12.9. The number of halogens is 3. The summed E-state index contributed by atoms with van der Waals surface area (Å²) in [7, 11) is 2.57. The third kappa shape index (κ3) is 2.45. The highest BCUT2D eigenvalue weighted by atomic mass is 19.4. The van der Waals surface area contributed by atoms with Crippen molar-refractivity contribution in [2.24, 2.45) is 5.84 Å². The number of hydrogen-bond acceptors (Lipinski definition) is 5. The summed E-state index contributed by atoms with van der Waals surface area (Å²) in [5.74, 6) is 4.03. The highest BCUT2D eigenvalue weighted by Gasteiger charge is 2.53. The van der Waals surface area contributed by atoms with Gasteiger partial charge in [-0.1, -0.05) is 18.2 Å². The van der Waals surface area contributed by atoms with Crippen LogP contribution in [-0.4, -0.2) is 36.4 Å². The molecular formula is C12H14F3N3O2. The Hall–Kier alpha value is -1.77. The lowest BCUT2D eigenvalue weighted by Crippen LogP contribution is -2.56. The Morgan fingerprint density at radius 2 is 1.80 bits per heavy atom. The van der Waals surface area contributed by atoms with Crippen LogP contribution in [0.3, 0.4) is 0 Å². The normalized spacial score (nSPS) is 23.9. The molecule has 1 aromatic carbocycles. The highest BCUT2D eigenvalue weighted by molar-refractivity contribution is 5.25. The van der Waals surface area contributed by atoms with E-state index in [2.05, 4.69) is 0 Å². The molecule has 1 aliphatic rings. The van der Waals surface area contributed by atoms with Crippen LogP contribution in [0, 0.1) is 0 Å². The SMILES string of the molecule is COC1(Oc2ccccc2)C=C(C(F)(F)F)N(N)N1C. The summed E-state index contributed by atoms with van der Waals surface area (Å²) in [6, 6.07) is 8.37. The van der Waals surface area contributed by atoms with E-state index < -0.39 is 17.8 Å². The number of hydrogen-bond donors (Lipinski definition) is 1. The molecule has 0 fully saturated rings. The van der Waals surface area contributed by atoms with Crippen molar-refractivity contribution in [3.8, 4) is 5.75 Å². The van der Waals surface area contributed by atoms with Gasteiger partial charge in [-0.05, 0) is 12.1 Å². The van der Waals surface area contributed by atoms with Crippen LogP contribution < -0.4 is 10.6 Å². The van der Waals surface area contributed by atoms with E-state index in [0.29, 0.717) is 10.9 Å². The molecule has 5 nitrogen and oxygen atoms in total. The number of benzene rings is 1. The van der Waals surface area contributed by atoms with E-state index in [4.69, 9.17) is 15.3 Å². The Balaban J connectivity index is 2.37. The lowest BCUT2D eigenvalue weighted by atomic mass is 10.3. The number of para-hydroxylation sites is 1. The Morgan fingerprint density at radius 3 is 2.25 bits per heavy atom. The van der Waals surface area contributed by atoms with E-state index in [0.717, 1.165) is 11.1 Å². The summed E-state index contributed by atoms with van der Waals surface area (Å²) in [4.78, 5) is 0. The fraction of sp³-hybridized carbons (Fsp3) is 0.333. The molecule has 0 radical (unpaired) electrons. The van der Waals surface area contributed by atoms with Crippen LogP contribution in [0.2, 0.25) is 0 Å². The Kier molecular flexibility index (Phi) is 3.63. The summed E-state index contributed by atoms with van der Waals surface area (Å²) < 4.78 is 49.3. The molecule has 0 aromatic heterocycles. The van der Waals surface area contributed by atoms with Crippen LogP contribution in [0.15, 0.2) is 42.1 Å². The Morgan fingerprint density at radius 1 is 1.20 bits per heavy atom. The number of alkyl halides is 3. The van der Waals surface area contributed by atoms with Gasteiger partial charge in [-0.3, -0.25) is 0 Å². The second-order valence-corrected chi connectivity index (χ2v) is 4.15. The highest BCUT2D eigenvalue weighted by Crippen LogP contribution is 2.38. The number of likely N-dealkylation sites (N-methyl/N-ethyl adjacent to an activating group) is 1. The Bertz CT molecular complexity index is 506. The van der Waals surface area contributed by atoms with Gasteiger partial charge in [-0.15, -0.1) is 5.01 Å². The van der Waals surface area contributed by atoms with Crippen LogP contribution in [0.1, 0.15) is 0 Å². The number of nitrogens with two attached hydrogens (primary N) is 1. The van der Waals surface area contributed by atoms with Gasteiger partial charge in [0, 0.05) is 20.2 Å². The first-order valence-electron chi connectivity index (χ1n) is 5.68. The first kappa shape index (κ1) is 14.6. The van der Waals surface area contributed by atoms with Gasteiger partial charge in [0.1, 0.15) is 5.75 Å². The predicted octanol–water partition coefficient (Wildman–Crippen LogP) is 1.85. The van der Waals surface area contributed by atoms with Crippen molar-refractivity contribution in [2.45, 2.75) is 12.1 Å². The van der Waals surface area contributed by atoms with E-state index in [9.17, 15) is 13.2 Å². The first-order valence-corrected chi connectivity index (χ1v) is 5.68. The molecule has 1 atom stereocenters. The number of methoxy groups -OCH3 is 1. The van der Waals surface area contributed by atoms with Gasteiger partial charge in [0.15, 0.2) is 5.70 Å². The molecule has 2 rings (SSSR count). The van der Waals surface area contributed by atoms with E-state index in [-0.39, 0.29) is 0 Å². The zero-order valence-corrected chi connectivity index (χ0v) is 10.9. The molecule has 20 heavy (non-hydrogen) atoms. The van der Waals surface area contributed by atoms with Crippen molar-refractivity contribution in [3.63, 3.8) is 0 Å². The lowest BCUT2D eigenvalue weighted by molar-refractivity contribution is -0.264. The standard InChI is InChI=1S/C12H14F3N3O2/c1-17-11(19-2,20-9-6-4-3-5-7-9)8-10(18(17)16)12(13,14)15/h3-8H,16H2,1-2H3. The van der Waals surface area contributed by atoms with Gasteiger partial charge in [0.05, 0.1) is 0 Å². The van der Waals surface area contributed by atoms with Crippen molar-refractivity contribution >= 4 is 0 Å². The third-order valence-electron chi connectivity index (χ3n) is 2.93. The molecule has 0 saturated heterocycles. The van der Waals surface area contributed by atoms with Crippen LogP contribution >= 0.6 is 0 Å². The van der Waals surface area contributed by atoms with Crippen LogP contribution in [0.4, 0.5) is 13.2 Å². The minimum Gasteiger partial charge on any atom is -0.444 e. The maximum Gasteiger partial charge on any atom is 0.434 e. The molecule has 0 saturated carbocycles. The van der Waals surface area contributed by atoms with Crippen molar-refractivity contribution in [3.05, 3.63) is 42.1 Å². The average molecular weight is 289 g/mol. The largest absolute Gasteiger partial charge is 0.444 e. The van der Waals surface area contributed by atoms with Crippen LogP contribution in [0.25, 0.3) is 0 Å². The van der Waals surface area contributed by atoms with Crippen LogP contribution in [0.5, 0.6) is 5.75 Å². The van der Waals surface area contributed by atoms with Crippen molar-refractivity contribution < 1.29 is 22.6 Å². The van der Waals surface area contributed by atoms with E-state index in [1.165, 1.54) is 14.2 Å². The van der Waals surface area contributed by atoms with E-state index in [1.54, 1.807) is 30.3 Å². The monoisotopic (exact) mass is 289 g/mol. The van der Waals surface area contributed by atoms with Crippen LogP contribution in [-0.2, 0) is 4.74 Å². The number of allylic oxidation sites excluding steroid dienone is 1. The smallest absolute Gasteiger partial charge is 0.434 e. The molecule has 110 valence electrons. The average Bonchev–Trinajstić information content (AvgIpc) is 2.65. The second-order valence-electron chi connectivity index (χ2n) is 4.15. The molecule has 1 aliphatic heterocycles. The van der Waals surface area contributed by atoms with E-state index in [1.807, 2.05) is 0 Å². The predicted molar refractivity (Wildman–Crippen MR) is 64.7 cm³/mol. The second kappa shape index (κ2) is 4.97. The Labute approximate surface area is 113 Å². The molecule has 0 aliphatic carbocycles. The van der Waals surface area contributed by atoms with Gasteiger partial charge >= 0.3 is 12.1 Å². The van der Waals surface area contributed by atoms with Gasteiger partial charge in [-0.25, -0.2) is 11.0 Å². The van der Waals surface area contributed by atoms with Crippen molar-refractivity contribution in [2.75, 3.05) is 14.2 Å². The summed E-state index contributed by atoms with van der Waals surface area (Å²) in [5.41, 5.74) is -1.06. The third-order valence-corrected chi connectivity index (χ3v) is 2.93. The summed E-state index contributed by atoms with van der Waals surface area (Å²) in [6.07, 6.45) is -3.82. The lowest BCUT2D eigenvalue weighted by Gasteiger charge is -2.36. The molecule has 2 N–H and O–H groups in total. The van der Waals surface area contributed by atoms with Crippen molar-refractivity contribution in [1.29, 1.82) is 0 Å². The molecule has 0 bridgehead atoms. The minimum absolute atomic E-state index is 0.356.